The number of hydrogen-bond donors (Lipinski definition) is 3. The Morgan fingerprint density at radius 1 is 0.882 bits per heavy atom. The van der Waals surface area contributed by atoms with Crippen LogP contribution >= 0.6 is 12.2 Å². The number of hydrogen-bond acceptors (Lipinski definition) is 4. The van der Waals surface area contributed by atoms with Crippen molar-refractivity contribution in [2.24, 2.45) is 5.92 Å². The fourth-order valence-electron chi connectivity index (χ4n) is 3.39. The number of nitrogens with one attached hydrogen (secondary N) is 3. The molecule has 0 aromatic heterocycles. The van der Waals surface area contributed by atoms with Crippen LogP contribution in [0.5, 0.6) is 0 Å². The van der Waals surface area contributed by atoms with Crippen molar-refractivity contribution in [3.8, 4) is 0 Å². The van der Waals surface area contributed by atoms with Gasteiger partial charge in [0.1, 0.15) is 11.6 Å². The molecule has 0 aliphatic rings. The molecule has 0 unspecified atom stereocenters. The first-order valence-electron chi connectivity index (χ1n) is 11.7. The second-order valence-electron chi connectivity index (χ2n) is 9.78. The molecular weight excluding hydrogens is 446 g/mol. The van der Waals surface area contributed by atoms with Gasteiger partial charge >= 0.3 is 6.09 Å². The zero-order valence-electron chi connectivity index (χ0n) is 20.8. The molecule has 0 saturated heterocycles. The van der Waals surface area contributed by atoms with E-state index in [4.69, 9.17) is 17.0 Å². The van der Waals surface area contributed by atoms with Crippen LogP contribution in [0, 0.1) is 5.92 Å². The predicted octanol–water partition coefficient (Wildman–Crippen LogP) is 4.77. The van der Waals surface area contributed by atoms with Crippen molar-refractivity contribution in [2.75, 3.05) is 0 Å². The molecule has 0 saturated carbocycles. The van der Waals surface area contributed by atoms with Crippen molar-refractivity contribution in [1.82, 2.24) is 16.0 Å². The molecular formula is C27H37N3O3S. The van der Waals surface area contributed by atoms with Gasteiger partial charge in [0.15, 0.2) is 0 Å². The number of rotatable bonds is 10. The number of carbonyl (C=O) groups is 2. The molecule has 0 radical (unpaired) electrons. The average molecular weight is 484 g/mol. The fraction of sp³-hybridized carbons (Fsp3) is 0.444. The Balaban J connectivity index is 2.14. The Bertz CT molecular complexity index is 927. The van der Waals surface area contributed by atoms with Crippen LogP contribution in [0.1, 0.15) is 52.2 Å². The third kappa shape index (κ3) is 10.3. The topological polar surface area (TPSA) is 79.5 Å². The van der Waals surface area contributed by atoms with E-state index in [9.17, 15) is 9.59 Å². The monoisotopic (exact) mass is 483 g/mol. The van der Waals surface area contributed by atoms with Gasteiger partial charge in [-0.05, 0) is 44.2 Å². The summed E-state index contributed by atoms with van der Waals surface area (Å²) >= 11 is 5.68. The zero-order chi connectivity index (χ0) is 25.1. The minimum atomic E-state index is -0.616. The number of alkyl carbamates (subject to hydrolysis) is 1. The van der Waals surface area contributed by atoms with Gasteiger partial charge < -0.3 is 20.7 Å². The van der Waals surface area contributed by atoms with Crippen LogP contribution in [0.15, 0.2) is 60.7 Å². The van der Waals surface area contributed by atoms with Crippen LogP contribution in [0.2, 0.25) is 0 Å². The van der Waals surface area contributed by atoms with E-state index in [1.54, 1.807) is 0 Å². The van der Waals surface area contributed by atoms with Gasteiger partial charge in [-0.2, -0.15) is 0 Å². The molecule has 2 amide bonds. The molecule has 0 heterocycles. The van der Waals surface area contributed by atoms with Gasteiger partial charge in [0, 0.05) is 13.0 Å². The van der Waals surface area contributed by atoms with Gasteiger partial charge in [-0.1, -0.05) is 86.7 Å². The maximum atomic E-state index is 13.2. The Labute approximate surface area is 208 Å². The quantitative estimate of drug-likeness (QED) is 0.424. The number of carbonyl (C=O) groups excluding carboxylic acids is 2. The summed E-state index contributed by atoms with van der Waals surface area (Å²) in [5.41, 5.74) is 1.41. The van der Waals surface area contributed by atoms with Crippen molar-refractivity contribution < 1.29 is 14.3 Å². The lowest BCUT2D eigenvalue weighted by atomic mass is 10.0. The van der Waals surface area contributed by atoms with E-state index in [1.807, 2.05) is 81.4 Å². The van der Waals surface area contributed by atoms with Crippen LogP contribution in [-0.2, 0) is 22.5 Å². The maximum Gasteiger partial charge on any atom is 0.408 e. The number of benzene rings is 2. The number of thiocarbonyl (C=S) groups is 1. The standard InChI is InChI=1S/C27H37N3O3S/c1-19(2)16-23(30-26(32)33-27(3,4)5)25(34)29-22(17-20-12-8-6-9-13-20)24(31)28-18-21-14-10-7-11-15-21/h6-15,19,22-23H,16-18H2,1-5H3,(H,28,31)(H,29,34)(H,30,32)/t22-,23-/m0/s1. The molecule has 0 aliphatic heterocycles. The van der Waals surface area contributed by atoms with E-state index in [0.717, 1.165) is 11.1 Å². The molecule has 0 spiro atoms. The molecule has 2 atom stereocenters. The van der Waals surface area contributed by atoms with Crippen molar-refractivity contribution in [3.63, 3.8) is 0 Å². The highest BCUT2D eigenvalue weighted by atomic mass is 32.1. The van der Waals surface area contributed by atoms with E-state index in [0.29, 0.717) is 24.4 Å². The Morgan fingerprint density at radius 2 is 1.44 bits per heavy atom. The van der Waals surface area contributed by atoms with Crippen LogP contribution in [0.3, 0.4) is 0 Å². The van der Waals surface area contributed by atoms with Gasteiger partial charge in [0.25, 0.3) is 0 Å². The first kappa shape index (κ1) is 27.3. The predicted molar refractivity (Wildman–Crippen MR) is 141 cm³/mol. The Kier molecular flexibility index (Phi) is 10.5. The van der Waals surface area contributed by atoms with Gasteiger partial charge in [-0.15, -0.1) is 0 Å². The van der Waals surface area contributed by atoms with Crippen LogP contribution in [0.25, 0.3) is 0 Å². The first-order chi connectivity index (χ1) is 16.0. The number of ether oxygens (including phenoxy) is 1. The van der Waals surface area contributed by atoms with Gasteiger partial charge in [-0.25, -0.2) is 4.79 Å². The largest absolute Gasteiger partial charge is 0.444 e. The minimum absolute atomic E-state index is 0.157. The molecule has 0 bridgehead atoms. The van der Waals surface area contributed by atoms with E-state index in [-0.39, 0.29) is 11.8 Å². The Morgan fingerprint density at radius 3 is 1.97 bits per heavy atom. The van der Waals surface area contributed by atoms with Crippen molar-refractivity contribution in [1.29, 1.82) is 0 Å². The SMILES string of the molecule is CC(C)C[C@H](NC(=O)OC(C)(C)C)C(=S)N[C@@H](Cc1ccccc1)C(=O)NCc1ccccc1. The molecule has 6 nitrogen and oxygen atoms in total. The zero-order valence-corrected chi connectivity index (χ0v) is 21.6. The molecule has 3 N–H and O–H groups in total. The normalized spacial score (nSPS) is 13.0. The highest BCUT2D eigenvalue weighted by Gasteiger charge is 2.27. The second-order valence-corrected chi connectivity index (χ2v) is 10.2. The summed E-state index contributed by atoms with van der Waals surface area (Å²) in [6, 6.07) is 18.5. The van der Waals surface area contributed by atoms with E-state index < -0.39 is 23.8 Å². The third-order valence-corrected chi connectivity index (χ3v) is 5.34. The molecule has 0 aliphatic carbocycles. The molecule has 7 heteroatoms. The van der Waals surface area contributed by atoms with E-state index in [2.05, 4.69) is 29.8 Å². The summed E-state index contributed by atoms with van der Waals surface area (Å²) in [5.74, 6) is 0.120. The first-order valence-corrected chi connectivity index (χ1v) is 12.1. The van der Waals surface area contributed by atoms with E-state index >= 15 is 0 Å². The summed E-state index contributed by atoms with van der Waals surface area (Å²) in [7, 11) is 0. The third-order valence-electron chi connectivity index (χ3n) is 4.94. The maximum absolute atomic E-state index is 13.2. The van der Waals surface area contributed by atoms with Crippen LogP contribution < -0.4 is 16.0 Å². The smallest absolute Gasteiger partial charge is 0.408 e. The van der Waals surface area contributed by atoms with Gasteiger partial charge in [0.2, 0.25) is 5.91 Å². The number of amides is 2. The molecule has 2 rings (SSSR count). The lowest BCUT2D eigenvalue weighted by molar-refractivity contribution is -0.122. The van der Waals surface area contributed by atoms with Gasteiger partial charge in [0.05, 0.1) is 11.0 Å². The fourth-order valence-corrected chi connectivity index (χ4v) is 3.69. The molecule has 184 valence electrons. The molecule has 2 aromatic carbocycles. The Hall–Kier alpha value is -2.93. The van der Waals surface area contributed by atoms with Crippen molar-refractivity contribution in [3.05, 3.63) is 71.8 Å². The highest BCUT2D eigenvalue weighted by Crippen LogP contribution is 2.12. The lowest BCUT2D eigenvalue weighted by Gasteiger charge is -2.28. The molecule has 0 fully saturated rings. The summed E-state index contributed by atoms with van der Waals surface area (Å²) < 4.78 is 5.42. The van der Waals surface area contributed by atoms with Crippen LogP contribution in [-0.4, -0.2) is 34.7 Å². The molecule has 2 aromatic rings. The summed E-state index contributed by atoms with van der Waals surface area (Å²) in [5, 5.41) is 9.10. The molecule has 34 heavy (non-hydrogen) atoms. The van der Waals surface area contributed by atoms with Crippen molar-refractivity contribution in [2.45, 2.75) is 71.7 Å². The highest BCUT2D eigenvalue weighted by molar-refractivity contribution is 7.80. The van der Waals surface area contributed by atoms with E-state index in [1.165, 1.54) is 0 Å². The summed E-state index contributed by atoms with van der Waals surface area (Å²) in [6.45, 7) is 9.97. The van der Waals surface area contributed by atoms with Gasteiger partial charge in [-0.3, -0.25) is 4.79 Å². The average Bonchev–Trinajstić information content (AvgIpc) is 2.76. The van der Waals surface area contributed by atoms with Crippen molar-refractivity contribution >= 4 is 29.2 Å². The lowest BCUT2D eigenvalue weighted by Crippen LogP contribution is -2.54. The summed E-state index contributed by atoms with van der Waals surface area (Å²) in [4.78, 5) is 26.0. The van der Waals surface area contributed by atoms with Crippen LogP contribution in [0.4, 0.5) is 4.79 Å². The second kappa shape index (κ2) is 13.1. The summed E-state index contributed by atoms with van der Waals surface area (Å²) in [6.07, 6.45) is 0.549. The minimum Gasteiger partial charge on any atom is -0.444 e.